The number of benzene rings is 1. The number of hydrogen-bond donors (Lipinski definition) is 2. The van der Waals surface area contributed by atoms with E-state index in [1.807, 2.05) is 38.3 Å². The molecule has 0 unspecified atom stereocenters. The number of aromatic hydroxyl groups is 1. The van der Waals surface area contributed by atoms with Gasteiger partial charge in [-0.2, -0.15) is 4.98 Å². The van der Waals surface area contributed by atoms with Crippen LogP contribution in [-0.4, -0.2) is 26.8 Å². The van der Waals surface area contributed by atoms with E-state index in [0.29, 0.717) is 36.1 Å². The van der Waals surface area contributed by atoms with Crippen LogP contribution in [0.5, 0.6) is 11.5 Å². The van der Waals surface area contributed by atoms with E-state index in [1.165, 1.54) is 11.3 Å². The molecule has 1 atom stereocenters. The minimum Gasteiger partial charge on any atom is -0.507 e. The number of rotatable bonds is 4. The number of hydrogen-bond acceptors (Lipinski definition) is 7. The average Bonchev–Trinajstić information content (AvgIpc) is 3.40. The molecule has 2 aromatic heterocycles. The van der Waals surface area contributed by atoms with E-state index in [2.05, 4.69) is 15.5 Å². The van der Waals surface area contributed by atoms with Gasteiger partial charge in [-0.15, -0.1) is 11.3 Å². The highest BCUT2D eigenvalue weighted by Gasteiger charge is 2.40. The number of carbonyl (C=O) groups is 1. The Morgan fingerprint density at radius 2 is 2.10 bits per heavy atom. The summed E-state index contributed by atoms with van der Waals surface area (Å²) in [7, 11) is 0. The van der Waals surface area contributed by atoms with Gasteiger partial charge in [0.15, 0.2) is 11.4 Å². The fourth-order valence-electron chi connectivity index (χ4n) is 3.58. The molecule has 0 saturated carbocycles. The monoisotopic (exact) mass is 413 g/mol. The van der Waals surface area contributed by atoms with E-state index in [1.54, 1.807) is 6.92 Å². The third kappa shape index (κ3) is 3.37. The van der Waals surface area contributed by atoms with Gasteiger partial charge in [-0.25, -0.2) is 0 Å². The maximum absolute atomic E-state index is 12.9. The van der Waals surface area contributed by atoms with Crippen LogP contribution in [0.1, 0.15) is 41.4 Å². The van der Waals surface area contributed by atoms with Crippen molar-refractivity contribution >= 4 is 17.2 Å². The third-order valence-corrected chi connectivity index (χ3v) is 6.46. The highest BCUT2D eigenvalue weighted by atomic mass is 32.1. The van der Waals surface area contributed by atoms with Crippen LogP contribution in [0.15, 0.2) is 22.0 Å². The quantitative estimate of drug-likeness (QED) is 0.675. The number of nitrogens with one attached hydrogen (secondary N) is 1. The fourth-order valence-corrected chi connectivity index (χ4v) is 4.22. The van der Waals surface area contributed by atoms with Gasteiger partial charge in [-0.1, -0.05) is 11.2 Å². The van der Waals surface area contributed by atoms with Crippen molar-refractivity contribution in [2.45, 2.75) is 52.7 Å². The Bertz CT molecular complexity index is 1070. The third-order valence-electron chi connectivity index (χ3n) is 5.61. The summed E-state index contributed by atoms with van der Waals surface area (Å²) in [4.78, 5) is 18.1. The van der Waals surface area contributed by atoms with E-state index < -0.39 is 5.60 Å². The first-order chi connectivity index (χ1) is 13.8. The minimum absolute atomic E-state index is 0.159. The minimum atomic E-state index is -1.01. The lowest BCUT2D eigenvalue weighted by Gasteiger charge is -2.36. The Hall–Kier alpha value is -2.87. The van der Waals surface area contributed by atoms with Gasteiger partial charge in [0.05, 0.1) is 11.4 Å². The van der Waals surface area contributed by atoms with Crippen LogP contribution < -0.4 is 10.1 Å². The number of phenolic OH excluding ortho intramolecular Hbond substituents is 1. The number of nitrogens with zero attached hydrogens (tertiary/aromatic N) is 2. The largest absolute Gasteiger partial charge is 0.507 e. The normalized spacial score (nSPS) is 18.2. The molecular weight excluding hydrogens is 390 g/mol. The molecule has 7 nitrogen and oxygen atoms in total. The zero-order valence-electron chi connectivity index (χ0n) is 16.8. The van der Waals surface area contributed by atoms with E-state index in [4.69, 9.17) is 9.26 Å². The van der Waals surface area contributed by atoms with E-state index in [9.17, 15) is 9.90 Å². The Morgan fingerprint density at radius 3 is 2.83 bits per heavy atom. The van der Waals surface area contributed by atoms with Crippen LogP contribution >= 0.6 is 11.3 Å². The lowest BCUT2D eigenvalue weighted by Crippen LogP contribution is -2.50. The van der Waals surface area contributed by atoms with Crippen molar-refractivity contribution in [2.24, 2.45) is 0 Å². The first-order valence-corrected chi connectivity index (χ1v) is 10.3. The van der Waals surface area contributed by atoms with Crippen molar-refractivity contribution in [3.8, 4) is 22.3 Å². The van der Waals surface area contributed by atoms with Crippen LogP contribution in [-0.2, 0) is 17.8 Å². The van der Waals surface area contributed by atoms with Crippen molar-refractivity contribution in [3.05, 3.63) is 45.6 Å². The first-order valence-electron chi connectivity index (χ1n) is 9.45. The summed E-state index contributed by atoms with van der Waals surface area (Å²) in [6.45, 7) is 7.59. The highest BCUT2D eigenvalue weighted by molar-refractivity contribution is 7.13. The predicted octanol–water partition coefficient (Wildman–Crippen LogP) is 3.83. The molecular formula is C21H23N3O4S. The van der Waals surface area contributed by atoms with Crippen molar-refractivity contribution in [1.82, 2.24) is 15.5 Å². The van der Waals surface area contributed by atoms with Crippen LogP contribution in [0, 0.1) is 20.8 Å². The molecule has 0 saturated heterocycles. The molecule has 152 valence electrons. The van der Waals surface area contributed by atoms with Crippen LogP contribution in [0.3, 0.4) is 0 Å². The second-order valence-corrected chi connectivity index (χ2v) is 8.49. The molecule has 29 heavy (non-hydrogen) atoms. The number of phenols is 1. The summed E-state index contributed by atoms with van der Waals surface area (Å²) >= 11 is 1.51. The van der Waals surface area contributed by atoms with E-state index in [-0.39, 0.29) is 12.5 Å². The van der Waals surface area contributed by atoms with Crippen molar-refractivity contribution in [3.63, 3.8) is 0 Å². The van der Waals surface area contributed by atoms with E-state index >= 15 is 0 Å². The molecule has 3 aromatic rings. The molecule has 0 radical (unpaired) electrons. The zero-order valence-corrected chi connectivity index (χ0v) is 17.6. The summed E-state index contributed by atoms with van der Waals surface area (Å²) in [6, 6.07) is 3.81. The second kappa shape index (κ2) is 7.18. The van der Waals surface area contributed by atoms with Gasteiger partial charge in [-0.3, -0.25) is 4.79 Å². The standard InChI is InChI=1S/C21H23N3O4S/c1-11-12(2)18-14(13(3)17(11)25)7-8-21(4,27-18)20(26)22-10-16-23-19(28-24-16)15-6-5-9-29-15/h5-6,9,25H,7-8,10H2,1-4H3,(H,22,26)/t21-/m0/s1. The number of amides is 1. The average molecular weight is 413 g/mol. The van der Waals surface area contributed by atoms with Crippen LogP contribution in [0.2, 0.25) is 0 Å². The maximum Gasteiger partial charge on any atom is 0.268 e. The van der Waals surface area contributed by atoms with Gasteiger partial charge in [0.25, 0.3) is 11.8 Å². The highest BCUT2D eigenvalue weighted by Crippen LogP contribution is 2.43. The molecule has 2 N–H and O–H groups in total. The van der Waals surface area contributed by atoms with Gasteiger partial charge in [0.1, 0.15) is 11.5 Å². The van der Waals surface area contributed by atoms with Crippen LogP contribution in [0.4, 0.5) is 0 Å². The zero-order chi connectivity index (χ0) is 20.8. The first kappa shape index (κ1) is 19.4. The second-order valence-electron chi connectivity index (χ2n) is 7.54. The Labute approximate surface area is 172 Å². The Balaban J connectivity index is 1.48. The number of aromatic nitrogens is 2. The summed E-state index contributed by atoms with van der Waals surface area (Å²) < 4.78 is 11.5. The number of fused-ring (bicyclic) bond motifs is 1. The Morgan fingerprint density at radius 1 is 1.31 bits per heavy atom. The van der Waals surface area contributed by atoms with E-state index in [0.717, 1.165) is 27.1 Å². The fraction of sp³-hybridized carbons (Fsp3) is 0.381. The molecule has 4 rings (SSSR count). The van der Waals surface area contributed by atoms with Gasteiger partial charge < -0.3 is 19.7 Å². The molecule has 0 aliphatic carbocycles. The smallest absolute Gasteiger partial charge is 0.268 e. The lowest BCUT2D eigenvalue weighted by molar-refractivity contribution is -0.137. The molecule has 1 aliphatic rings. The summed E-state index contributed by atoms with van der Waals surface area (Å²) in [5.74, 6) is 1.63. The van der Waals surface area contributed by atoms with Gasteiger partial charge in [0.2, 0.25) is 0 Å². The number of carbonyl (C=O) groups excluding carboxylic acids is 1. The van der Waals surface area contributed by atoms with Crippen molar-refractivity contribution < 1.29 is 19.2 Å². The molecule has 0 fully saturated rings. The molecule has 3 heterocycles. The van der Waals surface area contributed by atoms with Crippen molar-refractivity contribution in [2.75, 3.05) is 0 Å². The van der Waals surface area contributed by atoms with Crippen LogP contribution in [0.25, 0.3) is 10.8 Å². The summed E-state index contributed by atoms with van der Waals surface area (Å²) in [5, 5.41) is 19.0. The number of thiophene rings is 1. The number of ether oxygens (including phenoxy) is 1. The summed E-state index contributed by atoms with van der Waals surface area (Å²) in [6.07, 6.45) is 1.17. The lowest BCUT2D eigenvalue weighted by atomic mass is 9.86. The maximum atomic E-state index is 12.9. The Kier molecular flexibility index (Phi) is 4.82. The summed E-state index contributed by atoms with van der Waals surface area (Å²) in [5.41, 5.74) is 2.42. The molecule has 1 aromatic carbocycles. The topological polar surface area (TPSA) is 97.5 Å². The van der Waals surface area contributed by atoms with Crippen molar-refractivity contribution in [1.29, 1.82) is 0 Å². The molecule has 1 aliphatic heterocycles. The van der Waals surface area contributed by atoms with Gasteiger partial charge in [0, 0.05) is 12.0 Å². The molecule has 0 bridgehead atoms. The molecule has 0 spiro atoms. The SMILES string of the molecule is Cc1c(C)c2c(c(C)c1O)CC[C@@](C)(C(=O)NCc1noc(-c3cccs3)n1)O2. The molecule has 8 heteroatoms. The molecule has 1 amide bonds. The van der Waals surface area contributed by atoms with Gasteiger partial charge >= 0.3 is 0 Å². The predicted molar refractivity (Wildman–Crippen MR) is 109 cm³/mol. The van der Waals surface area contributed by atoms with Gasteiger partial charge in [-0.05, 0) is 62.3 Å².